The van der Waals surface area contributed by atoms with Crippen LogP contribution in [0.5, 0.6) is 0 Å². The summed E-state index contributed by atoms with van der Waals surface area (Å²) in [6, 6.07) is 0. The van der Waals surface area contributed by atoms with Gasteiger partial charge < -0.3 is 4.90 Å². The van der Waals surface area contributed by atoms with Crippen molar-refractivity contribution in [3.05, 3.63) is 0 Å². The first kappa shape index (κ1) is 12.4. The lowest BCUT2D eigenvalue weighted by Crippen LogP contribution is -2.58. The van der Waals surface area contributed by atoms with Crippen molar-refractivity contribution in [2.75, 3.05) is 13.1 Å². The topological polar surface area (TPSA) is 66.5 Å². The number of nitrogens with one attached hydrogen (secondary N) is 1. The van der Waals surface area contributed by atoms with Crippen LogP contribution in [0.4, 0.5) is 0 Å². The van der Waals surface area contributed by atoms with E-state index in [1.54, 1.807) is 0 Å². The van der Waals surface area contributed by atoms with Crippen LogP contribution in [0.15, 0.2) is 0 Å². The number of hydrogen-bond acceptors (Lipinski definition) is 3. The standard InChI is InChI=1S/C15H20N2O3/c18-12-6-17(7-13(19)16-12)15(20)14-10-2-8-1-9(4-10)5-11(14)3-8/h8-11,14H,1-7H2,(H,16,18,19). The fourth-order valence-electron chi connectivity index (χ4n) is 5.33. The van der Waals surface area contributed by atoms with Crippen LogP contribution in [0.3, 0.4) is 0 Å². The summed E-state index contributed by atoms with van der Waals surface area (Å²) in [4.78, 5) is 37.2. The van der Waals surface area contributed by atoms with Gasteiger partial charge in [-0.3, -0.25) is 19.7 Å². The monoisotopic (exact) mass is 276 g/mol. The summed E-state index contributed by atoms with van der Waals surface area (Å²) < 4.78 is 0. The quantitative estimate of drug-likeness (QED) is 0.711. The Bertz CT molecular complexity index is 444. The van der Waals surface area contributed by atoms with Crippen molar-refractivity contribution < 1.29 is 14.4 Å². The van der Waals surface area contributed by atoms with E-state index >= 15 is 0 Å². The maximum atomic E-state index is 12.8. The summed E-state index contributed by atoms with van der Waals surface area (Å²) in [5.41, 5.74) is 0. The average Bonchev–Trinajstić information content (AvgIpc) is 2.35. The van der Waals surface area contributed by atoms with E-state index in [4.69, 9.17) is 0 Å². The van der Waals surface area contributed by atoms with Crippen LogP contribution in [0.25, 0.3) is 0 Å². The van der Waals surface area contributed by atoms with E-state index in [2.05, 4.69) is 5.32 Å². The SMILES string of the molecule is O=C1CN(C(=O)C2C3CC4CC(C3)CC2C4)CC(=O)N1. The Balaban J connectivity index is 1.54. The Hall–Kier alpha value is -1.39. The number of rotatable bonds is 1. The van der Waals surface area contributed by atoms with Gasteiger partial charge in [-0.15, -0.1) is 0 Å². The van der Waals surface area contributed by atoms with Crippen molar-refractivity contribution in [1.29, 1.82) is 0 Å². The lowest BCUT2D eigenvalue weighted by atomic mass is 9.51. The molecule has 20 heavy (non-hydrogen) atoms. The summed E-state index contributed by atoms with van der Waals surface area (Å²) in [5, 5.41) is 2.26. The second kappa shape index (κ2) is 4.30. The van der Waals surface area contributed by atoms with Crippen molar-refractivity contribution in [1.82, 2.24) is 10.2 Å². The summed E-state index contributed by atoms with van der Waals surface area (Å²) in [7, 11) is 0. The predicted octanol–water partition coefficient (Wildman–Crippen LogP) is 0.544. The van der Waals surface area contributed by atoms with Crippen molar-refractivity contribution in [3.63, 3.8) is 0 Å². The van der Waals surface area contributed by atoms with Crippen LogP contribution >= 0.6 is 0 Å². The molecule has 5 rings (SSSR count). The highest BCUT2D eigenvalue weighted by Gasteiger charge is 2.52. The van der Waals surface area contributed by atoms with Gasteiger partial charge in [-0.2, -0.15) is 0 Å². The smallest absolute Gasteiger partial charge is 0.246 e. The highest BCUT2D eigenvalue weighted by atomic mass is 16.2. The highest BCUT2D eigenvalue weighted by molar-refractivity contribution is 6.02. The van der Waals surface area contributed by atoms with Gasteiger partial charge in [-0.1, -0.05) is 0 Å². The maximum absolute atomic E-state index is 12.8. The number of nitrogens with zero attached hydrogens (tertiary/aromatic N) is 1. The fourth-order valence-corrected chi connectivity index (χ4v) is 5.33. The van der Waals surface area contributed by atoms with Crippen LogP contribution in [-0.4, -0.2) is 35.7 Å². The van der Waals surface area contributed by atoms with E-state index in [9.17, 15) is 14.4 Å². The van der Waals surface area contributed by atoms with E-state index in [1.807, 2.05) is 0 Å². The molecule has 0 spiro atoms. The normalized spacial score (nSPS) is 42.8. The minimum atomic E-state index is -0.349. The third-order valence-electron chi connectivity index (χ3n) is 5.77. The Morgan fingerprint density at radius 2 is 1.40 bits per heavy atom. The molecule has 4 aliphatic carbocycles. The van der Waals surface area contributed by atoms with Crippen molar-refractivity contribution >= 4 is 17.7 Å². The van der Waals surface area contributed by atoms with E-state index < -0.39 is 0 Å². The van der Waals surface area contributed by atoms with Crippen LogP contribution in [0, 0.1) is 29.6 Å². The lowest BCUT2D eigenvalue weighted by Gasteiger charge is -2.54. The first-order chi connectivity index (χ1) is 9.60. The summed E-state index contributed by atoms with van der Waals surface area (Å²) >= 11 is 0. The van der Waals surface area contributed by atoms with Crippen molar-refractivity contribution in [2.45, 2.75) is 32.1 Å². The number of imide groups is 1. The van der Waals surface area contributed by atoms with E-state index in [0.717, 1.165) is 11.8 Å². The molecule has 0 radical (unpaired) electrons. The molecule has 108 valence electrons. The predicted molar refractivity (Wildman–Crippen MR) is 70.3 cm³/mol. The zero-order valence-corrected chi connectivity index (χ0v) is 11.5. The second-order valence-corrected chi connectivity index (χ2v) is 7.12. The van der Waals surface area contributed by atoms with E-state index in [0.29, 0.717) is 11.8 Å². The Morgan fingerprint density at radius 3 is 1.90 bits per heavy atom. The largest absolute Gasteiger partial charge is 0.324 e. The molecule has 1 N–H and O–H groups in total. The first-order valence-corrected chi connectivity index (χ1v) is 7.71. The van der Waals surface area contributed by atoms with Crippen LogP contribution < -0.4 is 5.32 Å². The summed E-state index contributed by atoms with van der Waals surface area (Å²) in [6.45, 7) is 0.0980. The maximum Gasteiger partial charge on any atom is 0.246 e. The molecule has 1 heterocycles. The molecule has 0 aromatic heterocycles. The van der Waals surface area contributed by atoms with Gasteiger partial charge in [0.2, 0.25) is 17.7 Å². The van der Waals surface area contributed by atoms with Gasteiger partial charge in [0.05, 0.1) is 0 Å². The molecule has 4 saturated carbocycles. The average molecular weight is 276 g/mol. The molecular weight excluding hydrogens is 256 g/mol. The molecule has 5 nitrogen and oxygen atoms in total. The molecule has 0 unspecified atom stereocenters. The van der Waals surface area contributed by atoms with Gasteiger partial charge in [-0.25, -0.2) is 0 Å². The molecule has 5 aliphatic rings. The molecule has 0 atom stereocenters. The zero-order valence-electron chi connectivity index (χ0n) is 11.5. The van der Waals surface area contributed by atoms with Gasteiger partial charge in [0, 0.05) is 5.92 Å². The van der Waals surface area contributed by atoms with Gasteiger partial charge in [-0.05, 0) is 55.8 Å². The third-order valence-corrected chi connectivity index (χ3v) is 5.77. The minimum absolute atomic E-state index is 0.0490. The number of piperazine rings is 1. The van der Waals surface area contributed by atoms with Crippen molar-refractivity contribution in [3.8, 4) is 0 Å². The molecule has 0 aromatic carbocycles. The minimum Gasteiger partial charge on any atom is -0.324 e. The van der Waals surface area contributed by atoms with Gasteiger partial charge in [0.15, 0.2) is 0 Å². The molecule has 5 fully saturated rings. The van der Waals surface area contributed by atoms with E-state index in [-0.39, 0.29) is 36.7 Å². The van der Waals surface area contributed by atoms with Crippen LogP contribution in [0.2, 0.25) is 0 Å². The van der Waals surface area contributed by atoms with Crippen LogP contribution in [-0.2, 0) is 14.4 Å². The van der Waals surface area contributed by atoms with Crippen molar-refractivity contribution in [2.24, 2.45) is 29.6 Å². The zero-order chi connectivity index (χ0) is 13.9. The fraction of sp³-hybridized carbons (Fsp3) is 0.800. The first-order valence-electron chi connectivity index (χ1n) is 7.71. The molecule has 5 heteroatoms. The molecule has 1 saturated heterocycles. The number of hydrogen-bond donors (Lipinski definition) is 1. The van der Waals surface area contributed by atoms with E-state index in [1.165, 1.54) is 37.0 Å². The molecule has 3 amide bonds. The van der Waals surface area contributed by atoms with Gasteiger partial charge in [0.25, 0.3) is 0 Å². The number of amides is 3. The molecule has 0 aromatic rings. The lowest BCUT2D eigenvalue weighted by molar-refractivity contribution is -0.156. The Morgan fingerprint density at radius 1 is 0.900 bits per heavy atom. The molecule has 4 bridgehead atoms. The van der Waals surface area contributed by atoms with Gasteiger partial charge >= 0.3 is 0 Å². The summed E-state index contributed by atoms with van der Waals surface area (Å²) in [6.07, 6.45) is 6.07. The third kappa shape index (κ3) is 1.86. The number of carbonyl (C=O) groups excluding carboxylic acids is 3. The van der Waals surface area contributed by atoms with Gasteiger partial charge in [0.1, 0.15) is 13.1 Å². The highest BCUT2D eigenvalue weighted by Crippen LogP contribution is 2.56. The number of carbonyl (C=O) groups is 3. The molecule has 1 aliphatic heterocycles. The Labute approximate surface area is 118 Å². The summed E-state index contributed by atoms with van der Waals surface area (Å²) in [5.74, 6) is 2.08. The van der Waals surface area contributed by atoms with Crippen LogP contribution in [0.1, 0.15) is 32.1 Å². The molecular formula is C15H20N2O3. The second-order valence-electron chi connectivity index (χ2n) is 7.12. The Kier molecular flexibility index (Phi) is 2.66.